The molecule has 0 atom stereocenters. The second-order valence-electron chi connectivity index (χ2n) is 10.1. The van der Waals surface area contributed by atoms with Crippen LogP contribution in [-0.2, 0) is 10.0 Å². The first kappa shape index (κ1) is 28.7. The molecule has 41 heavy (non-hydrogen) atoms. The van der Waals surface area contributed by atoms with Crippen LogP contribution in [0.15, 0.2) is 58.1 Å². The van der Waals surface area contributed by atoms with Gasteiger partial charge in [-0.25, -0.2) is 8.42 Å². The molecular weight excluding hydrogens is 546 g/mol. The van der Waals surface area contributed by atoms with Crippen molar-refractivity contribution >= 4 is 26.6 Å². The summed E-state index contributed by atoms with van der Waals surface area (Å²) < 4.78 is 51.4. The molecule has 5 rings (SSSR count). The van der Waals surface area contributed by atoms with Crippen molar-refractivity contribution in [3.63, 3.8) is 0 Å². The summed E-state index contributed by atoms with van der Waals surface area (Å²) in [6.45, 7) is 9.06. The quantitative estimate of drug-likeness (QED) is 0.254. The molecule has 4 aromatic rings. The molecule has 12 heteroatoms. The van der Waals surface area contributed by atoms with Crippen molar-refractivity contribution in [3.05, 3.63) is 60.1 Å². The van der Waals surface area contributed by atoms with Gasteiger partial charge in [0.1, 0.15) is 17.2 Å². The van der Waals surface area contributed by atoms with Crippen molar-refractivity contribution in [2.24, 2.45) is 0 Å². The molecule has 1 fully saturated rings. The first-order chi connectivity index (χ1) is 19.7. The highest BCUT2D eigenvalue weighted by Gasteiger charge is 2.24. The molecule has 1 saturated heterocycles. The number of pyridine rings is 1. The number of piperazine rings is 1. The van der Waals surface area contributed by atoms with Gasteiger partial charge in [-0.15, -0.1) is 0 Å². The number of sulfonamides is 1. The van der Waals surface area contributed by atoms with E-state index in [-0.39, 0.29) is 16.3 Å². The van der Waals surface area contributed by atoms with Gasteiger partial charge in [0.05, 0.1) is 24.9 Å². The molecule has 1 N–H and O–H groups in total. The van der Waals surface area contributed by atoms with Crippen LogP contribution in [0.25, 0.3) is 10.9 Å². The molecule has 0 amide bonds. The van der Waals surface area contributed by atoms with E-state index >= 15 is 0 Å². The number of rotatable bonds is 11. The summed E-state index contributed by atoms with van der Waals surface area (Å²) in [7, 11) is -0.139. The molecule has 3 heterocycles. The number of benzene rings is 2. The number of hydrogen-bond donors (Lipinski definition) is 1. The van der Waals surface area contributed by atoms with E-state index in [9.17, 15) is 8.42 Å². The molecule has 0 unspecified atom stereocenters. The fourth-order valence-electron chi connectivity index (χ4n) is 4.85. The summed E-state index contributed by atoms with van der Waals surface area (Å²) in [4.78, 5) is 9.33. The van der Waals surface area contributed by atoms with Gasteiger partial charge in [-0.1, -0.05) is 11.2 Å². The van der Waals surface area contributed by atoms with Crippen molar-refractivity contribution in [1.29, 1.82) is 0 Å². The number of likely N-dealkylation sites (N-methyl/N-ethyl adjacent to an activating group) is 1. The molecule has 2 aromatic heterocycles. The summed E-state index contributed by atoms with van der Waals surface area (Å²) in [5, 5.41) is 4.47. The van der Waals surface area contributed by atoms with Crippen LogP contribution in [-0.4, -0.2) is 81.8 Å². The fraction of sp³-hybridized carbons (Fsp3) is 0.379. The zero-order valence-electron chi connectivity index (χ0n) is 23.7. The number of anilines is 1. The largest absolute Gasteiger partial charge is 0.493 e. The Balaban J connectivity index is 1.29. The minimum absolute atomic E-state index is 0.0217. The molecule has 0 radical (unpaired) electrons. The second kappa shape index (κ2) is 12.3. The molecule has 218 valence electrons. The molecule has 1 aliphatic rings. The van der Waals surface area contributed by atoms with Gasteiger partial charge in [0, 0.05) is 56.4 Å². The Morgan fingerprint density at radius 1 is 1.02 bits per heavy atom. The van der Waals surface area contributed by atoms with E-state index in [0.29, 0.717) is 40.8 Å². The number of methoxy groups -OCH3 is 1. The Kier molecular flexibility index (Phi) is 8.62. The fourth-order valence-corrected chi connectivity index (χ4v) is 6.23. The number of aromatic nitrogens is 2. The van der Waals surface area contributed by atoms with Crippen LogP contribution >= 0.6 is 0 Å². The lowest BCUT2D eigenvalue weighted by Gasteiger charge is -2.32. The Morgan fingerprint density at radius 3 is 2.56 bits per heavy atom. The van der Waals surface area contributed by atoms with E-state index in [2.05, 4.69) is 31.7 Å². The first-order valence-electron chi connectivity index (χ1n) is 13.5. The van der Waals surface area contributed by atoms with Gasteiger partial charge in [-0.2, -0.15) is 0 Å². The van der Waals surface area contributed by atoms with Crippen LogP contribution in [0.3, 0.4) is 0 Å². The van der Waals surface area contributed by atoms with Gasteiger partial charge in [0.15, 0.2) is 22.2 Å². The Hall–Kier alpha value is -3.87. The van der Waals surface area contributed by atoms with Crippen molar-refractivity contribution < 1.29 is 27.2 Å². The number of ether oxygens (including phenoxy) is 3. The van der Waals surface area contributed by atoms with Crippen LogP contribution in [0.5, 0.6) is 23.0 Å². The van der Waals surface area contributed by atoms with Crippen LogP contribution in [0.1, 0.15) is 17.9 Å². The van der Waals surface area contributed by atoms with Crippen molar-refractivity contribution in [1.82, 2.24) is 19.9 Å². The van der Waals surface area contributed by atoms with Crippen molar-refractivity contribution in [3.8, 4) is 23.0 Å². The summed E-state index contributed by atoms with van der Waals surface area (Å²) in [5.74, 6) is 2.41. The average molecular weight is 582 g/mol. The van der Waals surface area contributed by atoms with E-state index < -0.39 is 10.0 Å². The first-order valence-corrected chi connectivity index (χ1v) is 15.0. The van der Waals surface area contributed by atoms with E-state index in [1.54, 1.807) is 57.5 Å². The topological polar surface area (TPSA) is 119 Å². The minimum Gasteiger partial charge on any atom is -0.493 e. The highest BCUT2D eigenvalue weighted by molar-refractivity contribution is 7.92. The molecule has 2 aromatic carbocycles. The third kappa shape index (κ3) is 6.72. The van der Waals surface area contributed by atoms with Crippen LogP contribution < -0.4 is 18.9 Å². The van der Waals surface area contributed by atoms with E-state index in [0.717, 1.165) is 44.5 Å². The summed E-state index contributed by atoms with van der Waals surface area (Å²) in [6, 6.07) is 12.1. The number of nitrogens with zero attached hydrogens (tertiary/aromatic N) is 4. The SMILES string of the molecule is COc1cc2c(Oc3cccc(NS(=O)(=O)c4c(C)noc4C)c3)ccnc2cc1OCCCN1CCN(C)CC1. The second-order valence-corrected chi connectivity index (χ2v) is 11.7. The molecule has 0 bridgehead atoms. The number of aryl methyl sites for hydroxylation is 2. The van der Waals surface area contributed by atoms with Crippen molar-refractivity contribution in [2.45, 2.75) is 25.2 Å². The van der Waals surface area contributed by atoms with Gasteiger partial charge >= 0.3 is 0 Å². The van der Waals surface area contributed by atoms with Gasteiger partial charge in [0.25, 0.3) is 10.0 Å². The summed E-state index contributed by atoms with van der Waals surface area (Å²) >= 11 is 0. The zero-order chi connectivity index (χ0) is 29.0. The van der Waals surface area contributed by atoms with Gasteiger partial charge in [-0.3, -0.25) is 9.71 Å². The van der Waals surface area contributed by atoms with E-state index in [4.69, 9.17) is 18.7 Å². The summed E-state index contributed by atoms with van der Waals surface area (Å²) in [5.41, 5.74) is 1.32. The van der Waals surface area contributed by atoms with Gasteiger partial charge < -0.3 is 28.5 Å². The third-order valence-electron chi connectivity index (χ3n) is 7.01. The Bertz CT molecular complexity index is 1600. The normalized spacial score (nSPS) is 14.7. The lowest BCUT2D eigenvalue weighted by Crippen LogP contribution is -2.44. The number of hydrogen-bond acceptors (Lipinski definition) is 10. The smallest absolute Gasteiger partial charge is 0.267 e. The van der Waals surface area contributed by atoms with Gasteiger partial charge in [-0.05, 0) is 51.6 Å². The predicted molar refractivity (Wildman–Crippen MR) is 156 cm³/mol. The molecular formula is C29H35N5O6S. The predicted octanol–water partition coefficient (Wildman–Crippen LogP) is 4.46. The van der Waals surface area contributed by atoms with E-state index in [1.807, 2.05) is 12.1 Å². The standard InChI is InChI=1S/C29H35N5O6S/c1-20-29(21(2)40-31-20)41(35,36)32-22-7-5-8-23(17-22)39-26-9-10-30-25-19-28(27(37-4)18-24(25)26)38-16-6-11-34-14-12-33(3)13-15-34/h5,7-10,17-19,32H,6,11-16H2,1-4H3. The van der Waals surface area contributed by atoms with Crippen LogP contribution in [0, 0.1) is 13.8 Å². The highest BCUT2D eigenvalue weighted by Crippen LogP contribution is 2.37. The molecule has 0 aliphatic carbocycles. The highest BCUT2D eigenvalue weighted by atomic mass is 32.2. The van der Waals surface area contributed by atoms with Crippen molar-refractivity contribution in [2.75, 3.05) is 58.2 Å². The maximum atomic E-state index is 12.9. The van der Waals surface area contributed by atoms with Crippen LogP contribution in [0.2, 0.25) is 0 Å². The lowest BCUT2D eigenvalue weighted by molar-refractivity contribution is 0.145. The maximum Gasteiger partial charge on any atom is 0.267 e. The van der Waals surface area contributed by atoms with E-state index in [1.165, 1.54) is 0 Å². The number of fused-ring (bicyclic) bond motifs is 1. The lowest BCUT2D eigenvalue weighted by atomic mass is 10.1. The maximum absolute atomic E-state index is 12.9. The molecule has 11 nitrogen and oxygen atoms in total. The molecule has 0 spiro atoms. The third-order valence-corrected chi connectivity index (χ3v) is 8.63. The zero-order valence-corrected chi connectivity index (χ0v) is 24.5. The number of nitrogens with one attached hydrogen (secondary N) is 1. The summed E-state index contributed by atoms with van der Waals surface area (Å²) in [6.07, 6.45) is 2.57. The average Bonchev–Trinajstić information content (AvgIpc) is 3.30. The Labute approximate surface area is 240 Å². The Morgan fingerprint density at radius 2 is 1.83 bits per heavy atom. The molecule has 1 aliphatic heterocycles. The van der Waals surface area contributed by atoms with Gasteiger partial charge in [0.2, 0.25) is 0 Å². The molecule has 0 saturated carbocycles. The monoisotopic (exact) mass is 581 g/mol. The van der Waals surface area contributed by atoms with Crippen LogP contribution in [0.4, 0.5) is 5.69 Å². The minimum atomic E-state index is -3.89.